The lowest BCUT2D eigenvalue weighted by Gasteiger charge is -2.31. The van der Waals surface area contributed by atoms with Crippen molar-refractivity contribution >= 4 is 5.97 Å². The maximum absolute atomic E-state index is 13.8. The molecule has 1 saturated heterocycles. The van der Waals surface area contributed by atoms with Gasteiger partial charge in [-0.3, -0.25) is 4.79 Å². The van der Waals surface area contributed by atoms with E-state index in [1.807, 2.05) is 0 Å². The number of hydrogen-bond acceptors (Lipinski definition) is 4. The van der Waals surface area contributed by atoms with Crippen molar-refractivity contribution in [2.24, 2.45) is 0 Å². The summed E-state index contributed by atoms with van der Waals surface area (Å²) in [5.41, 5.74) is -1.85. The molecule has 0 N–H and O–H groups in total. The van der Waals surface area contributed by atoms with Crippen LogP contribution in [0.2, 0.25) is 0 Å². The van der Waals surface area contributed by atoms with Gasteiger partial charge >= 0.3 is 12.1 Å². The second kappa shape index (κ2) is 3.62. The molecular weight excluding hydrogens is 234 g/mol. The Labute approximate surface area is 99.2 Å². The summed E-state index contributed by atoms with van der Waals surface area (Å²) in [7, 11) is 0. The molecule has 0 aliphatic carbocycles. The van der Waals surface area contributed by atoms with Crippen LogP contribution in [-0.4, -0.2) is 29.1 Å². The van der Waals surface area contributed by atoms with E-state index in [0.29, 0.717) is 0 Å². The van der Waals surface area contributed by atoms with Gasteiger partial charge in [0.25, 0.3) is 5.79 Å². The maximum Gasteiger partial charge on any atom is 0.456 e. The van der Waals surface area contributed by atoms with E-state index in [1.54, 1.807) is 27.7 Å². The average molecular weight is 252 g/mol. The Hall–Kier alpha value is -0.750. The van der Waals surface area contributed by atoms with E-state index in [2.05, 4.69) is 4.74 Å². The highest BCUT2D eigenvalue weighted by atomic mass is 19.3. The van der Waals surface area contributed by atoms with E-state index in [1.165, 1.54) is 0 Å². The molecule has 0 radical (unpaired) electrons. The molecule has 0 aromatic rings. The SMILES string of the molecule is CC(=O)OC(F)(F)C1(C)OC(C)(C)C(C)(C)O1. The van der Waals surface area contributed by atoms with Gasteiger partial charge in [-0.2, -0.15) is 8.78 Å². The minimum atomic E-state index is -3.84. The smallest absolute Gasteiger partial charge is 0.397 e. The third-order valence-electron chi connectivity index (χ3n) is 3.15. The van der Waals surface area contributed by atoms with Crippen molar-refractivity contribution in [3.63, 3.8) is 0 Å². The molecule has 100 valence electrons. The van der Waals surface area contributed by atoms with Gasteiger partial charge in [-0.25, -0.2) is 0 Å². The summed E-state index contributed by atoms with van der Waals surface area (Å²) >= 11 is 0. The first kappa shape index (κ1) is 14.3. The first-order valence-electron chi connectivity index (χ1n) is 5.31. The zero-order chi connectivity index (χ0) is 13.7. The predicted molar refractivity (Wildman–Crippen MR) is 55.4 cm³/mol. The first-order valence-corrected chi connectivity index (χ1v) is 5.31. The summed E-state index contributed by atoms with van der Waals surface area (Å²) in [6.45, 7) is 8.53. The monoisotopic (exact) mass is 252 g/mol. The van der Waals surface area contributed by atoms with E-state index < -0.39 is 29.1 Å². The average Bonchev–Trinajstić information content (AvgIpc) is 2.13. The van der Waals surface area contributed by atoms with E-state index >= 15 is 0 Å². The Bertz CT molecular complexity index is 320. The highest BCUT2D eigenvalue weighted by Gasteiger charge is 2.68. The zero-order valence-corrected chi connectivity index (χ0v) is 10.9. The molecule has 0 atom stereocenters. The topological polar surface area (TPSA) is 44.8 Å². The molecule has 6 heteroatoms. The Balaban J connectivity index is 3.03. The molecule has 0 bridgehead atoms. The molecule has 0 aromatic carbocycles. The predicted octanol–water partition coefficient (Wildman–Crippen LogP) is 2.46. The van der Waals surface area contributed by atoms with Gasteiger partial charge in [-0.15, -0.1) is 0 Å². The number of alkyl halides is 2. The Morgan fingerprint density at radius 1 is 1.06 bits per heavy atom. The first-order chi connectivity index (χ1) is 7.33. The van der Waals surface area contributed by atoms with Crippen LogP contribution in [-0.2, 0) is 19.0 Å². The van der Waals surface area contributed by atoms with E-state index in [0.717, 1.165) is 13.8 Å². The third kappa shape index (κ3) is 2.28. The molecular formula is C11H18F2O4. The van der Waals surface area contributed by atoms with Gasteiger partial charge < -0.3 is 14.2 Å². The van der Waals surface area contributed by atoms with Crippen molar-refractivity contribution in [2.45, 2.75) is 64.6 Å². The van der Waals surface area contributed by atoms with Crippen LogP contribution < -0.4 is 0 Å². The largest absolute Gasteiger partial charge is 0.456 e. The fourth-order valence-electron chi connectivity index (χ4n) is 1.63. The summed E-state index contributed by atoms with van der Waals surface area (Å²) in [6, 6.07) is 0. The van der Waals surface area contributed by atoms with Gasteiger partial charge in [-0.1, -0.05) is 0 Å². The lowest BCUT2D eigenvalue weighted by atomic mass is 9.90. The minimum Gasteiger partial charge on any atom is -0.397 e. The molecule has 4 nitrogen and oxygen atoms in total. The fraction of sp³-hybridized carbons (Fsp3) is 0.909. The molecule has 1 fully saturated rings. The summed E-state index contributed by atoms with van der Waals surface area (Å²) in [4.78, 5) is 10.7. The highest BCUT2D eigenvalue weighted by Crippen LogP contribution is 2.50. The maximum atomic E-state index is 13.8. The highest BCUT2D eigenvalue weighted by molar-refractivity contribution is 5.66. The second-order valence-electron chi connectivity index (χ2n) is 5.28. The number of carbonyl (C=O) groups is 1. The van der Waals surface area contributed by atoms with Gasteiger partial charge in [0.05, 0.1) is 11.2 Å². The van der Waals surface area contributed by atoms with Crippen LogP contribution in [0.25, 0.3) is 0 Å². The Morgan fingerprint density at radius 2 is 1.41 bits per heavy atom. The molecule has 1 rings (SSSR count). The quantitative estimate of drug-likeness (QED) is 0.708. The Morgan fingerprint density at radius 3 is 1.71 bits per heavy atom. The normalized spacial score (nSPS) is 25.6. The molecule has 0 unspecified atom stereocenters. The van der Waals surface area contributed by atoms with Crippen molar-refractivity contribution in [1.29, 1.82) is 0 Å². The molecule has 0 spiro atoms. The van der Waals surface area contributed by atoms with Crippen LogP contribution >= 0.6 is 0 Å². The molecule has 0 amide bonds. The van der Waals surface area contributed by atoms with Crippen LogP contribution in [0.1, 0.15) is 41.5 Å². The summed E-state index contributed by atoms with van der Waals surface area (Å²) in [5, 5.41) is 0. The van der Waals surface area contributed by atoms with E-state index in [-0.39, 0.29) is 0 Å². The van der Waals surface area contributed by atoms with Crippen LogP contribution in [0.3, 0.4) is 0 Å². The molecule has 0 saturated carbocycles. The van der Waals surface area contributed by atoms with Crippen molar-refractivity contribution in [3.05, 3.63) is 0 Å². The lowest BCUT2D eigenvalue weighted by Crippen LogP contribution is -2.50. The second-order valence-corrected chi connectivity index (χ2v) is 5.28. The molecule has 1 aliphatic heterocycles. The van der Waals surface area contributed by atoms with Crippen molar-refractivity contribution in [3.8, 4) is 0 Å². The third-order valence-corrected chi connectivity index (χ3v) is 3.15. The summed E-state index contributed by atoms with van der Waals surface area (Å²) in [5.74, 6) is -3.38. The molecule has 1 heterocycles. The van der Waals surface area contributed by atoms with Gasteiger partial charge in [0.2, 0.25) is 0 Å². The number of carbonyl (C=O) groups excluding carboxylic acids is 1. The molecule has 17 heavy (non-hydrogen) atoms. The minimum absolute atomic E-state index is 0.905. The number of hydrogen-bond donors (Lipinski definition) is 0. The molecule has 0 aromatic heterocycles. The number of ether oxygens (including phenoxy) is 3. The van der Waals surface area contributed by atoms with E-state index in [9.17, 15) is 13.6 Å². The van der Waals surface area contributed by atoms with Crippen molar-refractivity contribution in [2.75, 3.05) is 0 Å². The standard InChI is InChI=1S/C11H18F2O4/c1-7(14)15-11(12,13)10(6)16-8(2,3)9(4,5)17-10/h1-6H3. The van der Waals surface area contributed by atoms with Crippen LogP contribution in [0.4, 0.5) is 8.78 Å². The summed E-state index contributed by atoms with van der Waals surface area (Å²) < 4.78 is 42.0. The van der Waals surface area contributed by atoms with Crippen molar-refractivity contribution < 1.29 is 27.8 Å². The van der Waals surface area contributed by atoms with Gasteiger partial charge in [-0.05, 0) is 27.7 Å². The van der Waals surface area contributed by atoms with E-state index in [4.69, 9.17) is 9.47 Å². The Kier molecular flexibility index (Phi) is 3.05. The number of esters is 1. The fourth-order valence-corrected chi connectivity index (χ4v) is 1.63. The van der Waals surface area contributed by atoms with Crippen LogP contribution in [0.5, 0.6) is 0 Å². The molecule has 1 aliphatic rings. The van der Waals surface area contributed by atoms with Gasteiger partial charge in [0.1, 0.15) is 0 Å². The zero-order valence-electron chi connectivity index (χ0n) is 10.9. The van der Waals surface area contributed by atoms with Gasteiger partial charge in [0, 0.05) is 13.8 Å². The lowest BCUT2D eigenvalue weighted by molar-refractivity contribution is -0.381. The number of halogens is 2. The van der Waals surface area contributed by atoms with Gasteiger partial charge in [0.15, 0.2) is 0 Å². The van der Waals surface area contributed by atoms with Crippen LogP contribution in [0, 0.1) is 0 Å². The van der Waals surface area contributed by atoms with Crippen molar-refractivity contribution in [1.82, 2.24) is 0 Å². The van der Waals surface area contributed by atoms with Crippen LogP contribution in [0.15, 0.2) is 0 Å². The summed E-state index contributed by atoms with van der Waals surface area (Å²) in [6.07, 6.45) is -3.84. The number of rotatable bonds is 2.